The fourth-order valence-corrected chi connectivity index (χ4v) is 6.28. The van der Waals surface area contributed by atoms with Crippen LogP contribution in [0.2, 0.25) is 5.02 Å². The lowest BCUT2D eigenvalue weighted by atomic mass is 9.71. The zero-order valence-corrected chi connectivity index (χ0v) is 25.2. The van der Waals surface area contributed by atoms with Gasteiger partial charge in [0.15, 0.2) is 0 Å². The zero-order valence-electron chi connectivity index (χ0n) is 24.5. The molecule has 1 saturated carbocycles. The number of anilines is 1. The number of carbonyl (C=O) groups is 2. The number of nitrogens with one attached hydrogen (secondary N) is 1. The van der Waals surface area contributed by atoms with Crippen molar-refractivity contribution in [2.45, 2.75) is 64.7 Å². The van der Waals surface area contributed by atoms with Crippen LogP contribution in [0.25, 0.3) is 11.1 Å². The van der Waals surface area contributed by atoms with Crippen LogP contribution in [0.3, 0.4) is 0 Å². The fraction of sp³-hybridized carbons (Fsp3) is 0.297. The molecule has 5 heteroatoms. The molecule has 4 aromatic carbocycles. The van der Waals surface area contributed by atoms with E-state index in [0.717, 1.165) is 46.3 Å². The molecular weight excluding hydrogens is 542 g/mol. The minimum Gasteiger partial charge on any atom is -0.478 e. The number of benzene rings is 4. The monoisotopic (exact) mass is 579 g/mol. The molecule has 5 rings (SSSR count). The van der Waals surface area contributed by atoms with Gasteiger partial charge in [0, 0.05) is 10.7 Å². The van der Waals surface area contributed by atoms with Crippen molar-refractivity contribution < 1.29 is 14.7 Å². The van der Waals surface area contributed by atoms with Gasteiger partial charge in [-0.15, -0.1) is 0 Å². The van der Waals surface area contributed by atoms with Crippen molar-refractivity contribution in [2.24, 2.45) is 5.41 Å². The highest BCUT2D eigenvalue weighted by atomic mass is 35.5. The number of halogens is 1. The number of aryl methyl sites for hydroxylation is 1. The Kier molecular flexibility index (Phi) is 8.84. The van der Waals surface area contributed by atoms with Crippen molar-refractivity contribution in [2.75, 3.05) is 5.32 Å². The Hall–Kier alpha value is -3.89. The van der Waals surface area contributed by atoms with Crippen LogP contribution < -0.4 is 5.32 Å². The first-order valence-corrected chi connectivity index (χ1v) is 15.1. The zero-order chi connectivity index (χ0) is 29.9. The first kappa shape index (κ1) is 29.6. The molecule has 42 heavy (non-hydrogen) atoms. The smallest absolute Gasteiger partial charge is 0.335 e. The van der Waals surface area contributed by atoms with Gasteiger partial charge in [-0.25, -0.2) is 4.79 Å². The first-order chi connectivity index (χ1) is 20.1. The van der Waals surface area contributed by atoms with Gasteiger partial charge < -0.3 is 10.4 Å². The van der Waals surface area contributed by atoms with E-state index in [0.29, 0.717) is 22.8 Å². The molecule has 4 nitrogen and oxygen atoms in total. The Morgan fingerprint density at radius 1 is 0.929 bits per heavy atom. The van der Waals surface area contributed by atoms with Crippen molar-refractivity contribution >= 4 is 29.2 Å². The predicted octanol–water partition coefficient (Wildman–Crippen LogP) is 9.66. The highest BCUT2D eigenvalue weighted by Gasteiger charge is 2.29. The minimum absolute atomic E-state index is 0.0883. The van der Waals surface area contributed by atoms with Gasteiger partial charge >= 0.3 is 5.97 Å². The first-order valence-electron chi connectivity index (χ1n) is 14.7. The summed E-state index contributed by atoms with van der Waals surface area (Å²) in [4.78, 5) is 25.3. The number of hydrogen-bond acceptors (Lipinski definition) is 2. The molecule has 4 aromatic rings. The number of carbonyl (C=O) groups excluding carboxylic acids is 1. The van der Waals surface area contributed by atoms with Crippen LogP contribution in [-0.4, -0.2) is 17.0 Å². The van der Waals surface area contributed by atoms with E-state index in [1.807, 2.05) is 55.5 Å². The number of hydrogen-bond donors (Lipinski definition) is 2. The Labute approximate surface area is 253 Å². The van der Waals surface area contributed by atoms with Gasteiger partial charge in [-0.3, -0.25) is 4.79 Å². The van der Waals surface area contributed by atoms with E-state index >= 15 is 0 Å². The fourth-order valence-electron chi connectivity index (χ4n) is 6.06. The van der Waals surface area contributed by atoms with E-state index < -0.39 is 11.9 Å². The Balaban J connectivity index is 1.40. The molecule has 216 valence electrons. The Bertz CT molecular complexity index is 1560. The van der Waals surface area contributed by atoms with E-state index in [2.05, 4.69) is 37.4 Å². The third-order valence-corrected chi connectivity index (χ3v) is 8.97. The van der Waals surface area contributed by atoms with Gasteiger partial charge in [0.25, 0.3) is 0 Å². The third kappa shape index (κ3) is 7.11. The van der Waals surface area contributed by atoms with Crippen LogP contribution in [0, 0.1) is 12.3 Å². The van der Waals surface area contributed by atoms with E-state index in [9.17, 15) is 14.7 Å². The molecule has 1 amide bonds. The molecule has 0 unspecified atom stereocenters. The number of amides is 1. The normalized spacial score (nSPS) is 15.6. The summed E-state index contributed by atoms with van der Waals surface area (Å²) >= 11 is 6.14. The maximum atomic E-state index is 13.9. The molecule has 0 saturated heterocycles. The molecular formula is C37H38ClNO3. The van der Waals surface area contributed by atoms with Gasteiger partial charge in [0.2, 0.25) is 5.91 Å². The molecule has 1 fully saturated rings. The maximum absolute atomic E-state index is 13.9. The summed E-state index contributed by atoms with van der Waals surface area (Å²) < 4.78 is 0. The third-order valence-electron chi connectivity index (χ3n) is 8.73. The average Bonchev–Trinajstić information content (AvgIpc) is 2.97. The summed E-state index contributed by atoms with van der Waals surface area (Å²) in [5, 5.41) is 13.2. The van der Waals surface area contributed by atoms with Crippen molar-refractivity contribution in [1.29, 1.82) is 0 Å². The molecule has 0 heterocycles. The lowest BCUT2D eigenvalue weighted by molar-refractivity contribution is -0.117. The van der Waals surface area contributed by atoms with Crippen LogP contribution in [0.5, 0.6) is 0 Å². The second kappa shape index (κ2) is 12.5. The molecule has 1 aliphatic rings. The van der Waals surface area contributed by atoms with Crippen molar-refractivity contribution in [3.05, 3.63) is 124 Å². The Morgan fingerprint density at radius 3 is 2.26 bits per heavy atom. The van der Waals surface area contributed by atoms with Crippen LogP contribution in [0.15, 0.2) is 91.0 Å². The van der Waals surface area contributed by atoms with Gasteiger partial charge in [0.05, 0.1) is 11.5 Å². The highest BCUT2D eigenvalue weighted by Crippen LogP contribution is 2.43. The largest absolute Gasteiger partial charge is 0.478 e. The predicted molar refractivity (Wildman–Crippen MR) is 172 cm³/mol. The van der Waals surface area contributed by atoms with E-state index in [4.69, 9.17) is 11.6 Å². The molecule has 1 atom stereocenters. The van der Waals surface area contributed by atoms with Crippen LogP contribution >= 0.6 is 11.6 Å². The average molecular weight is 580 g/mol. The van der Waals surface area contributed by atoms with Crippen molar-refractivity contribution in [3.63, 3.8) is 0 Å². The standard InChI is InChI=1S/C37H38ClNO3/c1-24-21-31(38)13-16-33(24)27-11-14-32(15-12-27)39-35(40)34(22-25-7-9-28(10-8-25)36(41)42)30-6-4-5-29(23-30)26-17-19-37(2,3)20-18-26/h4-16,21,23,26,34H,17-20,22H2,1-3H3,(H,39,40)(H,41,42)/t34-/m1/s1. The van der Waals surface area contributed by atoms with Crippen molar-refractivity contribution in [3.8, 4) is 11.1 Å². The van der Waals surface area contributed by atoms with Gasteiger partial charge in [-0.1, -0.05) is 80.0 Å². The number of aromatic carboxylic acids is 1. The number of rotatable bonds is 8. The summed E-state index contributed by atoms with van der Waals surface area (Å²) in [6, 6.07) is 29.1. The molecule has 0 radical (unpaired) electrons. The van der Waals surface area contributed by atoms with Crippen LogP contribution in [0.4, 0.5) is 5.69 Å². The summed E-state index contributed by atoms with van der Waals surface area (Å²) in [7, 11) is 0. The second-order valence-corrected chi connectivity index (χ2v) is 12.8. The van der Waals surface area contributed by atoms with Gasteiger partial charge in [-0.05, 0) is 120 Å². The second-order valence-electron chi connectivity index (χ2n) is 12.4. The molecule has 0 aromatic heterocycles. The quantitative estimate of drug-likeness (QED) is 0.218. The van der Waals surface area contributed by atoms with Crippen LogP contribution in [0.1, 0.15) is 84.0 Å². The lowest BCUT2D eigenvalue weighted by Crippen LogP contribution is -2.24. The maximum Gasteiger partial charge on any atom is 0.335 e. The van der Waals surface area contributed by atoms with Crippen LogP contribution in [-0.2, 0) is 11.2 Å². The molecule has 0 bridgehead atoms. The van der Waals surface area contributed by atoms with Gasteiger partial charge in [0.1, 0.15) is 0 Å². The van der Waals surface area contributed by atoms with Gasteiger partial charge in [-0.2, -0.15) is 0 Å². The number of carboxylic acids is 1. The molecule has 0 aliphatic heterocycles. The molecule has 2 N–H and O–H groups in total. The minimum atomic E-state index is -0.962. The summed E-state index contributed by atoms with van der Waals surface area (Å²) in [6.45, 7) is 6.73. The molecule has 1 aliphatic carbocycles. The lowest BCUT2D eigenvalue weighted by Gasteiger charge is -2.34. The summed E-state index contributed by atoms with van der Waals surface area (Å²) in [5.74, 6) is -0.981. The topological polar surface area (TPSA) is 66.4 Å². The number of carboxylic acid groups (broad SMARTS) is 1. The molecule has 0 spiro atoms. The Morgan fingerprint density at radius 2 is 1.62 bits per heavy atom. The highest BCUT2D eigenvalue weighted by molar-refractivity contribution is 6.30. The van der Waals surface area contributed by atoms with Crippen molar-refractivity contribution in [1.82, 2.24) is 0 Å². The van der Waals surface area contributed by atoms with E-state index in [1.54, 1.807) is 24.3 Å². The summed E-state index contributed by atoms with van der Waals surface area (Å²) in [6.07, 6.45) is 5.18. The SMILES string of the molecule is Cc1cc(Cl)ccc1-c1ccc(NC(=O)[C@H](Cc2ccc(C(=O)O)cc2)c2cccc(C3CCC(C)(C)CC3)c2)cc1. The summed E-state index contributed by atoms with van der Waals surface area (Å²) in [5.41, 5.74) is 7.79. The van der Waals surface area contributed by atoms with E-state index in [-0.39, 0.29) is 11.5 Å². The van der Waals surface area contributed by atoms with E-state index in [1.165, 1.54) is 18.4 Å².